The number of nitrogens with one attached hydrogen (secondary N) is 2. The van der Waals surface area contributed by atoms with Crippen molar-refractivity contribution in [3.63, 3.8) is 0 Å². The van der Waals surface area contributed by atoms with Crippen LogP contribution in [0.25, 0.3) is 22.7 Å². The second-order valence-electron chi connectivity index (χ2n) is 8.64. The highest BCUT2D eigenvalue weighted by Crippen LogP contribution is 2.31. The summed E-state index contributed by atoms with van der Waals surface area (Å²) in [6, 6.07) is 6.36. The van der Waals surface area contributed by atoms with Crippen LogP contribution in [0.15, 0.2) is 36.8 Å². The lowest BCUT2D eigenvalue weighted by atomic mass is 10.2. The number of aromatic nitrogens is 5. The molecule has 0 spiro atoms. The van der Waals surface area contributed by atoms with Crippen molar-refractivity contribution < 1.29 is 9.53 Å². The number of pyridine rings is 1. The molecule has 4 aromatic heterocycles. The molecule has 33 heavy (non-hydrogen) atoms. The molecular formula is C23H26N8O2. The van der Waals surface area contributed by atoms with Crippen LogP contribution in [-0.4, -0.2) is 69.3 Å². The molecule has 1 saturated heterocycles. The van der Waals surface area contributed by atoms with Crippen LogP contribution in [0.1, 0.15) is 29.6 Å². The van der Waals surface area contributed by atoms with Crippen molar-refractivity contribution in [2.75, 3.05) is 37.5 Å². The van der Waals surface area contributed by atoms with E-state index in [0.29, 0.717) is 11.2 Å². The average molecular weight is 447 g/mol. The summed E-state index contributed by atoms with van der Waals surface area (Å²) < 4.78 is 9.26. The van der Waals surface area contributed by atoms with Gasteiger partial charge in [-0.1, -0.05) is 0 Å². The highest BCUT2D eigenvalue weighted by atomic mass is 16.5. The van der Waals surface area contributed by atoms with Crippen molar-refractivity contribution in [2.24, 2.45) is 0 Å². The highest BCUT2D eigenvalue weighted by Gasteiger charge is 2.27. The lowest BCUT2D eigenvalue weighted by Gasteiger charge is -2.20. The predicted octanol–water partition coefficient (Wildman–Crippen LogP) is 2.20. The van der Waals surface area contributed by atoms with E-state index in [9.17, 15) is 4.79 Å². The largest absolute Gasteiger partial charge is 0.380 e. The van der Waals surface area contributed by atoms with Crippen LogP contribution < -0.4 is 15.5 Å². The average Bonchev–Trinajstić information content (AvgIpc) is 3.25. The molecule has 2 fully saturated rings. The fourth-order valence-corrected chi connectivity index (χ4v) is 4.52. The molecule has 10 nitrogen and oxygen atoms in total. The van der Waals surface area contributed by atoms with Gasteiger partial charge in [0, 0.05) is 51.7 Å². The van der Waals surface area contributed by atoms with Crippen molar-refractivity contribution in [1.29, 1.82) is 0 Å². The maximum absolute atomic E-state index is 12.8. The van der Waals surface area contributed by atoms with Crippen molar-refractivity contribution in [1.82, 2.24) is 29.3 Å². The number of nitrogens with zero attached hydrogens (tertiary/aromatic N) is 6. The Bertz CT molecular complexity index is 1360. The molecule has 1 aliphatic heterocycles. The molecule has 170 valence electrons. The van der Waals surface area contributed by atoms with E-state index in [0.717, 1.165) is 60.9 Å². The van der Waals surface area contributed by atoms with Crippen LogP contribution >= 0.6 is 0 Å². The van der Waals surface area contributed by atoms with Gasteiger partial charge in [0.05, 0.1) is 29.4 Å². The van der Waals surface area contributed by atoms with E-state index < -0.39 is 0 Å². The van der Waals surface area contributed by atoms with Gasteiger partial charge in [0.1, 0.15) is 11.4 Å². The first-order valence-corrected chi connectivity index (χ1v) is 11.3. The van der Waals surface area contributed by atoms with Gasteiger partial charge in [-0.05, 0) is 31.4 Å². The molecule has 0 aromatic carbocycles. The summed E-state index contributed by atoms with van der Waals surface area (Å²) in [6.45, 7) is 1.78. The summed E-state index contributed by atoms with van der Waals surface area (Å²) >= 11 is 0. The van der Waals surface area contributed by atoms with Crippen LogP contribution in [0.5, 0.6) is 0 Å². The van der Waals surface area contributed by atoms with Gasteiger partial charge < -0.3 is 20.3 Å². The Hall–Kier alpha value is -3.66. The van der Waals surface area contributed by atoms with Gasteiger partial charge in [0.2, 0.25) is 0 Å². The Kier molecular flexibility index (Phi) is 4.68. The molecule has 0 bridgehead atoms. The molecule has 4 aromatic rings. The number of hydrogen-bond acceptors (Lipinski definition) is 7. The van der Waals surface area contributed by atoms with Crippen LogP contribution in [0.2, 0.25) is 0 Å². The molecule has 0 unspecified atom stereocenters. The molecule has 1 aliphatic carbocycles. The molecular weight excluding hydrogens is 420 g/mol. The normalized spacial score (nSPS) is 18.4. The fourth-order valence-electron chi connectivity index (χ4n) is 4.52. The molecule has 10 heteroatoms. The quantitative estimate of drug-likeness (QED) is 0.468. The number of ether oxygens (including phenoxy) is 1. The Balaban J connectivity index is 1.45. The zero-order valence-electron chi connectivity index (χ0n) is 18.7. The lowest BCUT2D eigenvalue weighted by molar-refractivity contribution is 0.0952. The van der Waals surface area contributed by atoms with Crippen molar-refractivity contribution in [3.05, 3.63) is 42.4 Å². The maximum Gasteiger partial charge on any atom is 0.256 e. The Morgan fingerprint density at radius 1 is 1.21 bits per heavy atom. The van der Waals surface area contributed by atoms with Gasteiger partial charge >= 0.3 is 0 Å². The van der Waals surface area contributed by atoms with Crippen molar-refractivity contribution >= 4 is 28.7 Å². The van der Waals surface area contributed by atoms with Crippen LogP contribution in [-0.2, 0) is 4.74 Å². The third-order valence-electron chi connectivity index (χ3n) is 6.50. The third kappa shape index (κ3) is 3.37. The minimum Gasteiger partial charge on any atom is -0.380 e. The molecule has 1 amide bonds. The summed E-state index contributed by atoms with van der Waals surface area (Å²) in [5.41, 5.74) is 4.57. The monoisotopic (exact) mass is 446 g/mol. The Morgan fingerprint density at radius 2 is 2.09 bits per heavy atom. The number of hydrogen-bond donors (Lipinski definition) is 2. The summed E-state index contributed by atoms with van der Waals surface area (Å²) in [6.07, 6.45) is 8.62. The first-order chi connectivity index (χ1) is 16.2. The molecule has 2 aliphatic rings. The summed E-state index contributed by atoms with van der Waals surface area (Å²) in [7, 11) is 3.60. The number of methoxy groups -OCH3 is 1. The van der Waals surface area contributed by atoms with Crippen molar-refractivity contribution in [3.8, 4) is 11.4 Å². The molecule has 1 atom stereocenters. The van der Waals surface area contributed by atoms with E-state index in [4.69, 9.17) is 9.72 Å². The summed E-state index contributed by atoms with van der Waals surface area (Å²) in [5, 5.41) is 10.6. The van der Waals surface area contributed by atoms with E-state index in [1.807, 2.05) is 23.7 Å². The minimum absolute atomic E-state index is 0.135. The highest BCUT2D eigenvalue weighted by molar-refractivity contribution is 6.00. The summed E-state index contributed by atoms with van der Waals surface area (Å²) in [4.78, 5) is 24.6. The van der Waals surface area contributed by atoms with Crippen molar-refractivity contribution in [2.45, 2.75) is 31.4 Å². The fraction of sp³-hybridized carbons (Fsp3) is 0.391. The lowest BCUT2D eigenvalue weighted by Crippen LogP contribution is -2.25. The zero-order valence-corrected chi connectivity index (χ0v) is 18.7. The van der Waals surface area contributed by atoms with E-state index in [1.54, 1.807) is 24.0 Å². The molecule has 1 saturated carbocycles. The first-order valence-electron chi connectivity index (χ1n) is 11.3. The second kappa shape index (κ2) is 7.73. The van der Waals surface area contributed by atoms with Gasteiger partial charge in [-0.15, -0.1) is 0 Å². The van der Waals surface area contributed by atoms with Gasteiger partial charge in [-0.3, -0.25) is 9.20 Å². The Morgan fingerprint density at radius 3 is 2.85 bits per heavy atom. The Labute approximate surface area is 190 Å². The standard InChI is InChI=1S/C23H26N8O2/c1-24-20-11-17(28-21-16(12-26-31(20)21)23(32)27-14-3-4-14)18-5-6-19(22-25-8-10-30(18)22)29-9-7-15(13-29)33-2/h5-6,8,10-12,14-15,24H,3-4,7,9,13H2,1-2H3,(H,27,32)/t15-/m0/s1. The second-order valence-corrected chi connectivity index (χ2v) is 8.64. The summed E-state index contributed by atoms with van der Waals surface area (Å²) in [5.74, 6) is 0.615. The number of carbonyl (C=O) groups is 1. The molecule has 2 N–H and O–H groups in total. The minimum atomic E-state index is -0.135. The van der Waals surface area contributed by atoms with Crippen LogP contribution in [0, 0.1) is 0 Å². The van der Waals surface area contributed by atoms with Crippen LogP contribution in [0.3, 0.4) is 0 Å². The SMILES string of the molecule is CNc1cc(-c2ccc(N3CC[C@H](OC)C3)c3nccn23)nc2c(C(=O)NC3CC3)cnn12. The number of imidazole rings is 1. The van der Waals surface area contributed by atoms with E-state index in [1.165, 1.54) is 0 Å². The smallest absolute Gasteiger partial charge is 0.256 e. The molecule has 6 rings (SSSR count). The van der Waals surface area contributed by atoms with Gasteiger partial charge in [0.25, 0.3) is 5.91 Å². The first kappa shape index (κ1) is 20.0. The number of amides is 1. The van der Waals surface area contributed by atoms with E-state index in [2.05, 4.69) is 37.7 Å². The maximum atomic E-state index is 12.8. The number of anilines is 2. The third-order valence-corrected chi connectivity index (χ3v) is 6.50. The van der Waals surface area contributed by atoms with E-state index >= 15 is 0 Å². The topological polar surface area (TPSA) is 101 Å². The van der Waals surface area contributed by atoms with Gasteiger partial charge in [0.15, 0.2) is 11.3 Å². The predicted molar refractivity (Wildman–Crippen MR) is 125 cm³/mol. The molecule has 0 radical (unpaired) electrons. The van der Waals surface area contributed by atoms with E-state index in [-0.39, 0.29) is 18.1 Å². The number of fused-ring (bicyclic) bond motifs is 2. The van der Waals surface area contributed by atoms with Gasteiger partial charge in [-0.2, -0.15) is 9.61 Å². The molecule has 5 heterocycles. The zero-order chi connectivity index (χ0) is 22.5. The van der Waals surface area contributed by atoms with Gasteiger partial charge in [-0.25, -0.2) is 9.97 Å². The van der Waals surface area contributed by atoms with Crippen LogP contribution in [0.4, 0.5) is 11.5 Å². The number of carbonyl (C=O) groups excluding carboxylic acids is 1. The number of rotatable bonds is 6.